The van der Waals surface area contributed by atoms with Gasteiger partial charge in [-0.3, -0.25) is 0 Å². The lowest BCUT2D eigenvalue weighted by molar-refractivity contribution is 0.412. The summed E-state index contributed by atoms with van der Waals surface area (Å²) >= 11 is 0. The summed E-state index contributed by atoms with van der Waals surface area (Å²) in [6.45, 7) is 4.41. The number of nitrogens with one attached hydrogen (secondary N) is 1. The second-order valence-electron chi connectivity index (χ2n) is 5.96. The predicted molar refractivity (Wildman–Crippen MR) is 96.9 cm³/mol. The highest BCUT2D eigenvalue weighted by Gasteiger charge is 2.13. The van der Waals surface area contributed by atoms with Crippen molar-refractivity contribution >= 4 is 10.8 Å². The third-order valence-electron chi connectivity index (χ3n) is 4.38. The van der Waals surface area contributed by atoms with Gasteiger partial charge >= 0.3 is 0 Å². The van der Waals surface area contributed by atoms with Crippen molar-refractivity contribution in [1.29, 1.82) is 0 Å². The Kier molecular flexibility index (Phi) is 4.63. The van der Waals surface area contributed by atoms with E-state index in [4.69, 9.17) is 4.74 Å². The minimum absolute atomic E-state index is 0.249. The van der Waals surface area contributed by atoms with E-state index in [2.05, 4.69) is 73.8 Å². The van der Waals surface area contributed by atoms with Crippen LogP contribution in [0.4, 0.5) is 0 Å². The monoisotopic (exact) mass is 305 g/mol. The molecule has 1 N–H and O–H groups in total. The average molecular weight is 305 g/mol. The molecule has 3 rings (SSSR count). The zero-order valence-corrected chi connectivity index (χ0v) is 13.9. The number of methoxy groups -OCH3 is 1. The van der Waals surface area contributed by atoms with Gasteiger partial charge in [0.25, 0.3) is 0 Å². The standard InChI is InChI=1S/C21H23NO/c1-15(18-10-6-11-19(14-18)23-3)22-16(2)20-13-7-9-17-8-4-5-12-21(17)20/h4-16,22H,1-3H3/t15-,16+/m0/s1. The Bertz CT molecular complexity index is 791. The van der Waals surface area contributed by atoms with E-state index in [1.807, 2.05) is 12.1 Å². The zero-order valence-electron chi connectivity index (χ0n) is 13.9. The SMILES string of the molecule is COc1cccc([C@H](C)N[C@H](C)c2cccc3ccccc23)c1. The van der Waals surface area contributed by atoms with Crippen LogP contribution < -0.4 is 10.1 Å². The van der Waals surface area contributed by atoms with Crippen LogP contribution in [-0.4, -0.2) is 7.11 Å². The number of fused-ring (bicyclic) bond motifs is 1. The number of ether oxygens (including phenoxy) is 1. The maximum Gasteiger partial charge on any atom is 0.119 e. The first-order valence-electron chi connectivity index (χ1n) is 8.06. The summed E-state index contributed by atoms with van der Waals surface area (Å²) in [5.41, 5.74) is 2.56. The van der Waals surface area contributed by atoms with Gasteiger partial charge in [0.15, 0.2) is 0 Å². The molecule has 0 heterocycles. The molecule has 2 atom stereocenters. The van der Waals surface area contributed by atoms with E-state index in [-0.39, 0.29) is 12.1 Å². The van der Waals surface area contributed by atoms with E-state index in [1.54, 1.807) is 7.11 Å². The maximum absolute atomic E-state index is 5.32. The van der Waals surface area contributed by atoms with E-state index < -0.39 is 0 Å². The Morgan fingerprint density at radius 3 is 2.39 bits per heavy atom. The van der Waals surface area contributed by atoms with Crippen molar-refractivity contribution in [2.24, 2.45) is 0 Å². The predicted octanol–water partition coefficient (Wildman–Crippen LogP) is 5.26. The van der Waals surface area contributed by atoms with Gasteiger partial charge in [-0.25, -0.2) is 0 Å². The quantitative estimate of drug-likeness (QED) is 0.694. The van der Waals surface area contributed by atoms with E-state index in [9.17, 15) is 0 Å². The minimum atomic E-state index is 0.249. The summed E-state index contributed by atoms with van der Waals surface area (Å²) < 4.78 is 5.32. The van der Waals surface area contributed by atoms with Gasteiger partial charge in [0.2, 0.25) is 0 Å². The first-order valence-corrected chi connectivity index (χ1v) is 8.06. The van der Waals surface area contributed by atoms with Crippen LogP contribution in [0.25, 0.3) is 10.8 Å². The molecule has 2 heteroatoms. The topological polar surface area (TPSA) is 21.3 Å². The van der Waals surface area contributed by atoms with Crippen LogP contribution in [0.5, 0.6) is 5.75 Å². The molecule has 2 nitrogen and oxygen atoms in total. The van der Waals surface area contributed by atoms with Crippen LogP contribution in [0.3, 0.4) is 0 Å². The highest BCUT2D eigenvalue weighted by molar-refractivity contribution is 5.86. The van der Waals surface area contributed by atoms with E-state index in [0.717, 1.165) is 5.75 Å². The average Bonchev–Trinajstić information content (AvgIpc) is 2.61. The lowest BCUT2D eigenvalue weighted by Gasteiger charge is -2.22. The fourth-order valence-electron chi connectivity index (χ4n) is 3.10. The molecule has 0 aliphatic rings. The number of hydrogen-bond acceptors (Lipinski definition) is 2. The second kappa shape index (κ2) is 6.84. The number of hydrogen-bond donors (Lipinski definition) is 1. The smallest absolute Gasteiger partial charge is 0.119 e. The van der Waals surface area contributed by atoms with Crippen LogP contribution in [0.1, 0.15) is 37.1 Å². The Labute approximate surface area is 138 Å². The Balaban J connectivity index is 1.84. The molecule has 0 unspecified atom stereocenters. The lowest BCUT2D eigenvalue weighted by atomic mass is 9.98. The van der Waals surface area contributed by atoms with Crippen molar-refractivity contribution in [1.82, 2.24) is 5.32 Å². The van der Waals surface area contributed by atoms with Gasteiger partial charge in [-0.15, -0.1) is 0 Å². The largest absolute Gasteiger partial charge is 0.497 e. The maximum atomic E-state index is 5.32. The van der Waals surface area contributed by atoms with Gasteiger partial charge in [-0.1, -0.05) is 54.6 Å². The van der Waals surface area contributed by atoms with E-state index >= 15 is 0 Å². The molecule has 0 aliphatic carbocycles. The minimum Gasteiger partial charge on any atom is -0.497 e. The molecule has 0 amide bonds. The van der Waals surface area contributed by atoms with Crippen molar-refractivity contribution in [3.8, 4) is 5.75 Å². The van der Waals surface area contributed by atoms with E-state index in [0.29, 0.717) is 0 Å². The summed E-state index contributed by atoms with van der Waals surface area (Å²) in [6.07, 6.45) is 0. The molecule has 0 saturated heterocycles. The highest BCUT2D eigenvalue weighted by Crippen LogP contribution is 2.27. The molecular formula is C21H23NO. The Morgan fingerprint density at radius 2 is 1.57 bits per heavy atom. The van der Waals surface area contributed by atoms with Crippen molar-refractivity contribution in [2.45, 2.75) is 25.9 Å². The molecule has 0 aliphatic heterocycles. The van der Waals surface area contributed by atoms with Gasteiger partial charge in [0.1, 0.15) is 5.75 Å². The van der Waals surface area contributed by atoms with Crippen molar-refractivity contribution in [2.75, 3.05) is 7.11 Å². The van der Waals surface area contributed by atoms with Crippen molar-refractivity contribution < 1.29 is 4.74 Å². The summed E-state index contributed by atoms with van der Waals surface area (Å²) in [5, 5.41) is 6.30. The molecule has 0 saturated carbocycles. The van der Waals surface area contributed by atoms with Crippen LogP contribution in [0.15, 0.2) is 66.7 Å². The molecule has 0 spiro atoms. The van der Waals surface area contributed by atoms with Crippen LogP contribution >= 0.6 is 0 Å². The zero-order chi connectivity index (χ0) is 16.2. The van der Waals surface area contributed by atoms with Gasteiger partial charge in [-0.05, 0) is 47.9 Å². The molecule has 0 aromatic heterocycles. The van der Waals surface area contributed by atoms with Crippen molar-refractivity contribution in [3.63, 3.8) is 0 Å². The summed E-state index contributed by atoms with van der Waals surface area (Å²) in [7, 11) is 1.70. The molecular weight excluding hydrogens is 282 g/mol. The van der Waals surface area contributed by atoms with Gasteiger partial charge in [-0.2, -0.15) is 0 Å². The lowest BCUT2D eigenvalue weighted by Crippen LogP contribution is -2.22. The Hall–Kier alpha value is -2.32. The first-order chi connectivity index (χ1) is 11.2. The molecule has 23 heavy (non-hydrogen) atoms. The molecule has 118 valence electrons. The number of rotatable bonds is 5. The molecule has 3 aromatic rings. The normalized spacial score (nSPS) is 13.7. The van der Waals surface area contributed by atoms with Crippen molar-refractivity contribution in [3.05, 3.63) is 77.9 Å². The summed E-state index contributed by atoms with van der Waals surface area (Å²) in [5.74, 6) is 0.897. The third-order valence-corrected chi connectivity index (χ3v) is 4.38. The summed E-state index contributed by atoms with van der Waals surface area (Å²) in [4.78, 5) is 0. The molecule has 3 aromatic carbocycles. The fourth-order valence-corrected chi connectivity index (χ4v) is 3.10. The molecule has 0 radical (unpaired) electrons. The highest BCUT2D eigenvalue weighted by atomic mass is 16.5. The molecule has 0 bridgehead atoms. The second-order valence-corrected chi connectivity index (χ2v) is 5.96. The van der Waals surface area contributed by atoms with Crippen LogP contribution in [0, 0.1) is 0 Å². The number of benzene rings is 3. The first kappa shape index (κ1) is 15.6. The fraction of sp³-hybridized carbons (Fsp3) is 0.238. The third kappa shape index (κ3) is 3.38. The van der Waals surface area contributed by atoms with Crippen LogP contribution in [-0.2, 0) is 0 Å². The van der Waals surface area contributed by atoms with Gasteiger partial charge in [0, 0.05) is 12.1 Å². The van der Waals surface area contributed by atoms with Gasteiger partial charge in [0.05, 0.1) is 7.11 Å². The summed E-state index contributed by atoms with van der Waals surface area (Å²) in [6, 6.07) is 23.8. The van der Waals surface area contributed by atoms with Gasteiger partial charge < -0.3 is 10.1 Å². The molecule has 0 fully saturated rings. The Morgan fingerprint density at radius 1 is 0.826 bits per heavy atom. The van der Waals surface area contributed by atoms with Crippen LogP contribution in [0.2, 0.25) is 0 Å². The van der Waals surface area contributed by atoms with E-state index in [1.165, 1.54) is 21.9 Å².